The van der Waals surface area contributed by atoms with E-state index in [-0.39, 0.29) is 5.91 Å². The highest BCUT2D eigenvalue weighted by molar-refractivity contribution is 6.01. The predicted octanol–water partition coefficient (Wildman–Crippen LogP) is 3.73. The maximum Gasteiger partial charge on any atom is 0.227 e. The van der Waals surface area contributed by atoms with Crippen molar-refractivity contribution >= 4 is 28.6 Å². The number of nitrogens with one attached hydrogen (secondary N) is 1. The molecule has 0 aromatic heterocycles. The molecule has 0 spiro atoms. The zero-order valence-electron chi connectivity index (χ0n) is 15.3. The molecule has 1 amide bonds. The largest absolute Gasteiger partial charge is 0.368 e. The molecule has 3 aromatic carbocycles. The molecule has 0 aliphatic carbocycles. The summed E-state index contributed by atoms with van der Waals surface area (Å²) in [5.74, 6) is 0.176. The third-order valence-electron chi connectivity index (χ3n) is 5.30. The number of carbonyl (C=O) groups is 1. The van der Waals surface area contributed by atoms with Crippen molar-refractivity contribution in [1.29, 1.82) is 5.41 Å². The number of piperazine rings is 1. The quantitative estimate of drug-likeness (QED) is 0.723. The summed E-state index contributed by atoms with van der Waals surface area (Å²) in [6.45, 7) is 3.24. The molecule has 1 saturated heterocycles. The minimum absolute atomic E-state index is 0.176. The van der Waals surface area contributed by atoms with Crippen LogP contribution in [0.1, 0.15) is 11.1 Å². The molecule has 4 rings (SSSR count). The molecule has 1 aliphatic heterocycles. The van der Waals surface area contributed by atoms with Gasteiger partial charge in [-0.05, 0) is 34.0 Å². The van der Waals surface area contributed by atoms with Crippen molar-refractivity contribution in [1.82, 2.24) is 4.90 Å². The minimum Gasteiger partial charge on any atom is -0.368 e. The number of benzene rings is 3. The van der Waals surface area contributed by atoms with E-state index in [1.54, 1.807) is 0 Å². The van der Waals surface area contributed by atoms with Gasteiger partial charge in [0.05, 0.1) is 6.42 Å². The van der Waals surface area contributed by atoms with Crippen LogP contribution in [0.2, 0.25) is 0 Å². The van der Waals surface area contributed by atoms with Crippen LogP contribution >= 0.6 is 0 Å². The van der Waals surface area contributed by atoms with Gasteiger partial charge in [0.2, 0.25) is 5.91 Å². The lowest BCUT2D eigenvalue weighted by Gasteiger charge is -2.36. The fourth-order valence-electron chi connectivity index (χ4n) is 3.79. The normalized spacial score (nSPS) is 14.4. The van der Waals surface area contributed by atoms with E-state index in [2.05, 4.69) is 29.2 Å². The Morgan fingerprint density at radius 1 is 0.852 bits per heavy atom. The average molecular weight is 357 g/mol. The summed E-state index contributed by atoms with van der Waals surface area (Å²) in [6, 6.07) is 22.3. The highest BCUT2D eigenvalue weighted by Crippen LogP contribution is 2.23. The van der Waals surface area contributed by atoms with Crippen molar-refractivity contribution in [3.05, 3.63) is 77.9 Å². The van der Waals surface area contributed by atoms with Gasteiger partial charge in [0.25, 0.3) is 0 Å². The highest BCUT2D eigenvalue weighted by atomic mass is 16.2. The van der Waals surface area contributed by atoms with Crippen molar-refractivity contribution in [3.63, 3.8) is 0 Å². The molecule has 1 aliphatic rings. The highest BCUT2D eigenvalue weighted by Gasteiger charge is 2.22. The van der Waals surface area contributed by atoms with Crippen LogP contribution in [0.4, 0.5) is 5.69 Å². The molecule has 0 unspecified atom stereocenters. The standard InChI is InChI=1S/C23H23N3O/c24-17-19-11-10-18(21-8-4-5-9-22(19)21)16-23(27)26-14-12-25(13-15-26)20-6-2-1-3-7-20/h1-11,17,24H,12-16H2. The number of carbonyl (C=O) groups excluding carboxylic acids is 1. The van der Waals surface area contributed by atoms with Gasteiger partial charge in [-0.1, -0.05) is 54.6 Å². The molecule has 3 aromatic rings. The molecule has 0 radical (unpaired) electrons. The zero-order valence-corrected chi connectivity index (χ0v) is 15.3. The Kier molecular flexibility index (Phi) is 4.88. The molecule has 0 saturated carbocycles. The first-order valence-corrected chi connectivity index (χ1v) is 9.35. The second-order valence-corrected chi connectivity index (χ2v) is 6.88. The average Bonchev–Trinajstić information content (AvgIpc) is 2.75. The summed E-state index contributed by atoms with van der Waals surface area (Å²) in [5, 5.41) is 9.68. The van der Waals surface area contributed by atoms with Crippen LogP contribution in [0.3, 0.4) is 0 Å². The maximum absolute atomic E-state index is 12.9. The number of hydrogen-bond acceptors (Lipinski definition) is 3. The molecule has 136 valence electrons. The molecule has 1 heterocycles. The van der Waals surface area contributed by atoms with Crippen molar-refractivity contribution in [2.75, 3.05) is 31.1 Å². The number of hydrogen-bond donors (Lipinski definition) is 1. The number of nitrogens with zero attached hydrogens (tertiary/aromatic N) is 2. The SMILES string of the molecule is N=Cc1ccc(CC(=O)N2CCN(c3ccccc3)CC2)c2ccccc12. The van der Waals surface area contributed by atoms with E-state index in [1.165, 1.54) is 11.9 Å². The summed E-state index contributed by atoms with van der Waals surface area (Å²) in [6.07, 6.45) is 1.78. The van der Waals surface area contributed by atoms with E-state index in [1.807, 2.05) is 47.4 Å². The Balaban J connectivity index is 1.46. The molecule has 1 fully saturated rings. The van der Waals surface area contributed by atoms with Crippen LogP contribution in [0.5, 0.6) is 0 Å². The number of rotatable bonds is 4. The van der Waals surface area contributed by atoms with Crippen molar-refractivity contribution in [3.8, 4) is 0 Å². The Hall–Kier alpha value is -3.14. The van der Waals surface area contributed by atoms with Crippen LogP contribution in [0.25, 0.3) is 10.8 Å². The van der Waals surface area contributed by atoms with E-state index in [4.69, 9.17) is 5.41 Å². The van der Waals surface area contributed by atoms with Gasteiger partial charge >= 0.3 is 0 Å². The topological polar surface area (TPSA) is 47.4 Å². The first-order chi connectivity index (χ1) is 13.3. The zero-order chi connectivity index (χ0) is 18.6. The van der Waals surface area contributed by atoms with Crippen LogP contribution in [0.15, 0.2) is 66.7 Å². The molecule has 0 bridgehead atoms. The summed E-state index contributed by atoms with van der Waals surface area (Å²) >= 11 is 0. The second-order valence-electron chi connectivity index (χ2n) is 6.88. The molecule has 4 heteroatoms. The molecule has 27 heavy (non-hydrogen) atoms. The van der Waals surface area contributed by atoms with Gasteiger partial charge < -0.3 is 15.2 Å². The lowest BCUT2D eigenvalue weighted by atomic mass is 9.98. The van der Waals surface area contributed by atoms with Crippen molar-refractivity contribution in [2.24, 2.45) is 0 Å². The number of fused-ring (bicyclic) bond motifs is 1. The lowest BCUT2D eigenvalue weighted by molar-refractivity contribution is -0.130. The summed E-state index contributed by atoms with van der Waals surface area (Å²) < 4.78 is 0. The fraction of sp³-hybridized carbons (Fsp3) is 0.217. The van der Waals surface area contributed by atoms with Gasteiger partial charge in [-0.25, -0.2) is 0 Å². The van der Waals surface area contributed by atoms with E-state index in [0.717, 1.165) is 48.1 Å². The van der Waals surface area contributed by atoms with Gasteiger partial charge in [-0.2, -0.15) is 0 Å². The maximum atomic E-state index is 12.9. The third kappa shape index (κ3) is 3.56. The summed E-state index contributed by atoms with van der Waals surface area (Å²) in [7, 11) is 0. The molecule has 4 nitrogen and oxygen atoms in total. The predicted molar refractivity (Wildman–Crippen MR) is 111 cm³/mol. The van der Waals surface area contributed by atoms with Gasteiger partial charge in [-0.3, -0.25) is 4.79 Å². The van der Waals surface area contributed by atoms with Crippen LogP contribution in [-0.2, 0) is 11.2 Å². The molecule has 1 N–H and O–H groups in total. The van der Waals surface area contributed by atoms with E-state index < -0.39 is 0 Å². The Morgan fingerprint density at radius 3 is 2.22 bits per heavy atom. The monoisotopic (exact) mass is 357 g/mol. The molecular formula is C23H23N3O. The number of para-hydroxylation sites is 1. The molecule has 0 atom stereocenters. The first kappa shape index (κ1) is 17.3. The molecular weight excluding hydrogens is 334 g/mol. The van der Waals surface area contributed by atoms with Crippen LogP contribution in [0, 0.1) is 5.41 Å². The minimum atomic E-state index is 0.176. The fourth-order valence-corrected chi connectivity index (χ4v) is 3.79. The van der Waals surface area contributed by atoms with E-state index >= 15 is 0 Å². The first-order valence-electron chi connectivity index (χ1n) is 9.35. The van der Waals surface area contributed by atoms with Crippen LogP contribution in [-0.4, -0.2) is 43.2 Å². The van der Waals surface area contributed by atoms with Gasteiger partial charge in [-0.15, -0.1) is 0 Å². The second kappa shape index (κ2) is 7.62. The van der Waals surface area contributed by atoms with Gasteiger partial charge in [0, 0.05) is 38.1 Å². The number of amides is 1. The summed E-state index contributed by atoms with van der Waals surface area (Å²) in [5.41, 5.74) is 3.14. The Labute approximate surface area is 159 Å². The van der Waals surface area contributed by atoms with Crippen molar-refractivity contribution < 1.29 is 4.79 Å². The summed E-state index contributed by atoms with van der Waals surface area (Å²) in [4.78, 5) is 17.2. The lowest BCUT2D eigenvalue weighted by Crippen LogP contribution is -2.49. The van der Waals surface area contributed by atoms with E-state index in [9.17, 15) is 4.79 Å². The Morgan fingerprint density at radius 2 is 1.52 bits per heavy atom. The van der Waals surface area contributed by atoms with Gasteiger partial charge in [0.15, 0.2) is 0 Å². The van der Waals surface area contributed by atoms with Gasteiger partial charge in [0.1, 0.15) is 0 Å². The van der Waals surface area contributed by atoms with E-state index in [0.29, 0.717) is 6.42 Å². The smallest absolute Gasteiger partial charge is 0.227 e. The van der Waals surface area contributed by atoms with Crippen molar-refractivity contribution in [2.45, 2.75) is 6.42 Å². The third-order valence-corrected chi connectivity index (χ3v) is 5.30. The number of anilines is 1. The Bertz CT molecular complexity index is 960. The van der Waals surface area contributed by atoms with Crippen LogP contribution < -0.4 is 4.90 Å².